The third-order valence-corrected chi connectivity index (χ3v) is 2.63. The Bertz CT molecular complexity index is 599. The minimum Gasteiger partial charge on any atom is -0.388 e. The molecule has 0 radical (unpaired) electrons. The zero-order valence-corrected chi connectivity index (χ0v) is 10.6. The molecule has 0 saturated carbocycles. The average Bonchev–Trinajstić information content (AvgIpc) is 2.33. The monoisotopic (exact) mass is 261 g/mol. The van der Waals surface area contributed by atoms with E-state index >= 15 is 0 Å². The maximum atomic E-state index is 13.7. The molecule has 0 amide bonds. The maximum Gasteiger partial charge on any atom is 0.146 e. The van der Waals surface area contributed by atoms with E-state index in [2.05, 4.69) is 10.3 Å². The Morgan fingerprint density at radius 2 is 2.11 bits per heavy atom. The van der Waals surface area contributed by atoms with Gasteiger partial charge in [-0.25, -0.2) is 4.39 Å². The third-order valence-electron chi connectivity index (χ3n) is 2.44. The second-order valence-electron chi connectivity index (χ2n) is 3.87. The zero-order valence-electron chi connectivity index (χ0n) is 9.77. The first kappa shape index (κ1) is 12.4. The summed E-state index contributed by atoms with van der Waals surface area (Å²) in [6, 6.07) is 8.43. The standard InChI is InChI=1S/C13H12FN3S/c1-8-4-5-10(9(14)7-8)17-11-3-2-6-16-12(11)13(15)18/h2-7,17H,1H3,(H2,15,18). The molecule has 0 bridgehead atoms. The summed E-state index contributed by atoms with van der Waals surface area (Å²) in [6.45, 7) is 1.83. The number of rotatable bonds is 3. The van der Waals surface area contributed by atoms with Gasteiger partial charge in [-0.2, -0.15) is 0 Å². The van der Waals surface area contributed by atoms with E-state index in [0.29, 0.717) is 17.1 Å². The Morgan fingerprint density at radius 1 is 1.33 bits per heavy atom. The zero-order chi connectivity index (χ0) is 13.1. The summed E-state index contributed by atoms with van der Waals surface area (Å²) in [4.78, 5) is 4.24. The molecule has 2 aromatic rings. The van der Waals surface area contributed by atoms with Crippen LogP contribution < -0.4 is 11.1 Å². The number of anilines is 2. The number of hydrogen-bond donors (Lipinski definition) is 2. The molecular formula is C13H12FN3S. The van der Waals surface area contributed by atoms with Gasteiger partial charge < -0.3 is 11.1 Å². The van der Waals surface area contributed by atoms with Crippen molar-refractivity contribution in [2.24, 2.45) is 5.73 Å². The van der Waals surface area contributed by atoms with Crippen molar-refractivity contribution < 1.29 is 4.39 Å². The molecule has 0 atom stereocenters. The van der Waals surface area contributed by atoms with Crippen LogP contribution in [0.3, 0.4) is 0 Å². The van der Waals surface area contributed by atoms with Crippen LogP contribution >= 0.6 is 12.2 Å². The van der Waals surface area contributed by atoms with E-state index in [4.69, 9.17) is 18.0 Å². The van der Waals surface area contributed by atoms with Gasteiger partial charge in [-0.05, 0) is 36.8 Å². The van der Waals surface area contributed by atoms with Crippen LogP contribution in [0.2, 0.25) is 0 Å². The molecule has 1 aromatic carbocycles. The van der Waals surface area contributed by atoms with Crippen molar-refractivity contribution >= 4 is 28.6 Å². The van der Waals surface area contributed by atoms with Crippen LogP contribution in [0.5, 0.6) is 0 Å². The van der Waals surface area contributed by atoms with Gasteiger partial charge in [0, 0.05) is 6.20 Å². The van der Waals surface area contributed by atoms with Gasteiger partial charge in [0.15, 0.2) is 0 Å². The smallest absolute Gasteiger partial charge is 0.146 e. The minimum absolute atomic E-state index is 0.172. The molecule has 2 rings (SSSR count). The molecule has 0 aliphatic heterocycles. The van der Waals surface area contributed by atoms with E-state index in [9.17, 15) is 4.39 Å². The van der Waals surface area contributed by atoms with E-state index < -0.39 is 0 Å². The number of thiocarbonyl (C=S) groups is 1. The highest BCUT2D eigenvalue weighted by Crippen LogP contribution is 2.22. The minimum atomic E-state index is -0.326. The van der Waals surface area contributed by atoms with Crippen LogP contribution in [-0.4, -0.2) is 9.97 Å². The Balaban J connectivity index is 2.37. The summed E-state index contributed by atoms with van der Waals surface area (Å²) in [5.74, 6) is -0.326. The first-order chi connectivity index (χ1) is 8.58. The van der Waals surface area contributed by atoms with E-state index in [1.54, 1.807) is 24.4 Å². The molecule has 92 valence electrons. The number of aromatic nitrogens is 1. The average molecular weight is 261 g/mol. The number of pyridine rings is 1. The van der Waals surface area contributed by atoms with Crippen LogP contribution in [0.4, 0.5) is 15.8 Å². The highest BCUT2D eigenvalue weighted by atomic mass is 32.1. The second-order valence-corrected chi connectivity index (χ2v) is 4.31. The summed E-state index contributed by atoms with van der Waals surface area (Å²) in [5, 5.41) is 2.94. The topological polar surface area (TPSA) is 50.9 Å². The van der Waals surface area contributed by atoms with Gasteiger partial charge >= 0.3 is 0 Å². The molecule has 1 heterocycles. The lowest BCUT2D eigenvalue weighted by atomic mass is 10.2. The third kappa shape index (κ3) is 2.62. The Morgan fingerprint density at radius 3 is 2.78 bits per heavy atom. The Labute approximate surface area is 110 Å². The summed E-state index contributed by atoms with van der Waals surface area (Å²) in [5.41, 5.74) is 7.83. The maximum absolute atomic E-state index is 13.7. The summed E-state index contributed by atoms with van der Waals surface area (Å²) < 4.78 is 13.7. The van der Waals surface area contributed by atoms with Gasteiger partial charge in [-0.1, -0.05) is 18.3 Å². The van der Waals surface area contributed by atoms with Crippen LogP contribution in [0, 0.1) is 12.7 Å². The van der Waals surface area contributed by atoms with Gasteiger partial charge in [0.2, 0.25) is 0 Å². The first-order valence-electron chi connectivity index (χ1n) is 5.36. The van der Waals surface area contributed by atoms with E-state index in [1.165, 1.54) is 6.07 Å². The van der Waals surface area contributed by atoms with Gasteiger partial charge in [-0.15, -0.1) is 0 Å². The molecule has 0 spiro atoms. The largest absolute Gasteiger partial charge is 0.388 e. The fourth-order valence-electron chi connectivity index (χ4n) is 1.57. The van der Waals surface area contributed by atoms with Crippen molar-refractivity contribution in [2.75, 3.05) is 5.32 Å². The molecule has 1 aromatic heterocycles. The molecule has 0 aliphatic rings. The number of nitrogens with two attached hydrogens (primary N) is 1. The molecule has 0 aliphatic carbocycles. The number of halogens is 1. The van der Waals surface area contributed by atoms with Crippen molar-refractivity contribution in [1.29, 1.82) is 0 Å². The molecule has 0 saturated heterocycles. The van der Waals surface area contributed by atoms with Gasteiger partial charge in [0.1, 0.15) is 16.5 Å². The number of benzene rings is 1. The second kappa shape index (κ2) is 5.10. The SMILES string of the molecule is Cc1ccc(Nc2cccnc2C(N)=S)c(F)c1. The van der Waals surface area contributed by atoms with Crippen molar-refractivity contribution in [2.45, 2.75) is 6.92 Å². The molecule has 0 unspecified atom stereocenters. The van der Waals surface area contributed by atoms with Crippen LogP contribution in [0.25, 0.3) is 0 Å². The van der Waals surface area contributed by atoms with Gasteiger partial charge in [-0.3, -0.25) is 4.98 Å². The summed E-state index contributed by atoms with van der Waals surface area (Å²) in [7, 11) is 0. The number of nitrogens with one attached hydrogen (secondary N) is 1. The Kier molecular flexibility index (Phi) is 3.53. The molecule has 18 heavy (non-hydrogen) atoms. The Hall–Kier alpha value is -2.01. The lowest BCUT2D eigenvalue weighted by Gasteiger charge is -2.11. The van der Waals surface area contributed by atoms with E-state index in [-0.39, 0.29) is 10.8 Å². The molecule has 3 nitrogen and oxygen atoms in total. The van der Waals surface area contributed by atoms with Crippen LogP contribution in [0.15, 0.2) is 36.5 Å². The fraction of sp³-hybridized carbons (Fsp3) is 0.0769. The fourth-order valence-corrected chi connectivity index (χ4v) is 1.73. The van der Waals surface area contributed by atoms with Crippen molar-refractivity contribution in [1.82, 2.24) is 4.98 Å². The van der Waals surface area contributed by atoms with Crippen molar-refractivity contribution in [3.63, 3.8) is 0 Å². The normalized spacial score (nSPS) is 10.1. The number of nitrogens with zero attached hydrogens (tertiary/aromatic N) is 1. The molecule has 3 N–H and O–H groups in total. The van der Waals surface area contributed by atoms with Crippen molar-refractivity contribution in [3.8, 4) is 0 Å². The highest BCUT2D eigenvalue weighted by Gasteiger charge is 2.08. The predicted octanol–water partition coefficient (Wildman–Crippen LogP) is 2.91. The quantitative estimate of drug-likeness (QED) is 0.834. The van der Waals surface area contributed by atoms with E-state index in [1.807, 2.05) is 13.0 Å². The molecule has 5 heteroatoms. The van der Waals surface area contributed by atoms with Crippen LogP contribution in [0.1, 0.15) is 11.3 Å². The van der Waals surface area contributed by atoms with Gasteiger partial charge in [0.25, 0.3) is 0 Å². The summed E-state index contributed by atoms with van der Waals surface area (Å²) in [6.07, 6.45) is 1.59. The molecular weight excluding hydrogens is 249 g/mol. The van der Waals surface area contributed by atoms with Crippen LogP contribution in [-0.2, 0) is 0 Å². The first-order valence-corrected chi connectivity index (χ1v) is 5.77. The predicted molar refractivity (Wildman–Crippen MR) is 74.5 cm³/mol. The lowest BCUT2D eigenvalue weighted by Crippen LogP contribution is -2.14. The lowest BCUT2D eigenvalue weighted by molar-refractivity contribution is 0.630. The number of hydrogen-bond acceptors (Lipinski definition) is 3. The van der Waals surface area contributed by atoms with Gasteiger partial charge in [0.05, 0.1) is 11.4 Å². The van der Waals surface area contributed by atoms with E-state index in [0.717, 1.165) is 5.56 Å². The summed E-state index contributed by atoms with van der Waals surface area (Å²) >= 11 is 4.90. The highest BCUT2D eigenvalue weighted by molar-refractivity contribution is 7.80. The molecule has 0 fully saturated rings. The van der Waals surface area contributed by atoms with Crippen molar-refractivity contribution in [3.05, 3.63) is 53.6 Å². The number of aryl methyl sites for hydroxylation is 1.